The minimum atomic E-state index is -3.76. The topological polar surface area (TPSA) is 68.3 Å². The van der Waals surface area contributed by atoms with Crippen molar-refractivity contribution in [2.45, 2.75) is 29.4 Å². The molecule has 4 aromatic rings. The molecule has 0 aliphatic rings. The van der Waals surface area contributed by atoms with Crippen LogP contribution in [0, 0.1) is 0 Å². The number of hydrogen-bond donors (Lipinski definition) is 0. The van der Waals surface area contributed by atoms with Crippen LogP contribution in [-0.2, 0) is 19.7 Å². The second kappa shape index (κ2) is 8.70. The zero-order chi connectivity index (χ0) is 21.9. The van der Waals surface area contributed by atoms with Crippen molar-refractivity contribution < 1.29 is 16.8 Å². The molecule has 0 atom stereocenters. The van der Waals surface area contributed by atoms with Crippen LogP contribution in [0.5, 0.6) is 0 Å². The van der Waals surface area contributed by atoms with E-state index in [4.69, 9.17) is 0 Å². The van der Waals surface area contributed by atoms with Crippen molar-refractivity contribution in [3.05, 3.63) is 109 Å². The molecule has 0 aliphatic carbocycles. The molecule has 4 nitrogen and oxygen atoms in total. The average molecular weight is 467 g/mol. The smallest absolute Gasteiger partial charge is 0.207 e. The summed E-state index contributed by atoms with van der Waals surface area (Å²) in [5.74, 6) is 0. The van der Waals surface area contributed by atoms with Gasteiger partial charge in [-0.05, 0) is 48.5 Å². The standard InChI is InChI=1S/C24H18O4S3/c25-30(26,19-11-3-1-4-12-19)23-17-9-7-15-21(23)29-22-16-8-10-18-24(22)31(27,28)20-13-5-2-6-14-20/h1-18H. The van der Waals surface area contributed by atoms with Gasteiger partial charge in [0, 0.05) is 9.79 Å². The first-order valence-electron chi connectivity index (χ1n) is 9.37. The van der Waals surface area contributed by atoms with Gasteiger partial charge in [-0.25, -0.2) is 16.8 Å². The summed E-state index contributed by atoms with van der Waals surface area (Å²) in [5.41, 5.74) is 0. The lowest BCUT2D eigenvalue weighted by molar-refractivity contribution is 0.593. The van der Waals surface area contributed by atoms with Gasteiger partial charge >= 0.3 is 0 Å². The molecule has 0 radical (unpaired) electrons. The maximum Gasteiger partial charge on any atom is 0.207 e. The van der Waals surface area contributed by atoms with Crippen LogP contribution >= 0.6 is 11.8 Å². The summed E-state index contributed by atoms with van der Waals surface area (Å²) in [6, 6.07) is 29.6. The number of benzene rings is 4. The van der Waals surface area contributed by atoms with Crippen LogP contribution in [-0.4, -0.2) is 16.8 Å². The average Bonchev–Trinajstić information content (AvgIpc) is 2.81. The fourth-order valence-electron chi connectivity index (χ4n) is 3.08. The Balaban J connectivity index is 1.80. The predicted octanol–water partition coefficient (Wildman–Crippen LogP) is 5.50. The summed E-state index contributed by atoms with van der Waals surface area (Å²) in [4.78, 5) is 1.57. The largest absolute Gasteiger partial charge is 0.218 e. The molecule has 0 spiro atoms. The van der Waals surface area contributed by atoms with Crippen molar-refractivity contribution in [3.63, 3.8) is 0 Å². The lowest BCUT2D eigenvalue weighted by Gasteiger charge is -2.13. The molecule has 0 bridgehead atoms. The van der Waals surface area contributed by atoms with E-state index < -0.39 is 19.7 Å². The third-order valence-corrected chi connectivity index (χ3v) is 9.67. The summed E-state index contributed by atoms with van der Waals surface area (Å²) >= 11 is 1.13. The molecule has 0 saturated heterocycles. The lowest BCUT2D eigenvalue weighted by atomic mass is 10.4. The van der Waals surface area contributed by atoms with Crippen LogP contribution in [0.2, 0.25) is 0 Å². The lowest BCUT2D eigenvalue weighted by Crippen LogP contribution is -2.05. The molecular formula is C24H18O4S3. The number of sulfone groups is 2. The normalized spacial score (nSPS) is 11.9. The minimum absolute atomic E-state index is 0.137. The van der Waals surface area contributed by atoms with Gasteiger partial charge in [-0.3, -0.25) is 0 Å². The van der Waals surface area contributed by atoms with Gasteiger partial charge in [-0.1, -0.05) is 72.4 Å². The maximum absolute atomic E-state index is 13.2. The Morgan fingerprint density at radius 2 is 0.742 bits per heavy atom. The monoisotopic (exact) mass is 466 g/mol. The van der Waals surface area contributed by atoms with E-state index in [0.717, 1.165) is 11.8 Å². The third kappa shape index (κ3) is 4.30. The van der Waals surface area contributed by atoms with Gasteiger partial charge < -0.3 is 0 Å². The number of hydrogen-bond acceptors (Lipinski definition) is 5. The molecule has 0 unspecified atom stereocenters. The molecule has 156 valence electrons. The van der Waals surface area contributed by atoms with Crippen LogP contribution in [0.3, 0.4) is 0 Å². The van der Waals surface area contributed by atoms with E-state index in [9.17, 15) is 16.8 Å². The fraction of sp³-hybridized carbons (Fsp3) is 0. The summed E-state index contributed by atoms with van der Waals surface area (Å²) in [6.45, 7) is 0. The van der Waals surface area contributed by atoms with Gasteiger partial charge in [-0.15, -0.1) is 0 Å². The van der Waals surface area contributed by atoms with E-state index in [0.29, 0.717) is 9.79 Å². The third-order valence-electron chi connectivity index (χ3n) is 4.60. The first-order valence-corrected chi connectivity index (χ1v) is 13.2. The van der Waals surface area contributed by atoms with Gasteiger partial charge in [0.05, 0.1) is 19.6 Å². The molecule has 31 heavy (non-hydrogen) atoms. The molecule has 0 saturated carbocycles. The van der Waals surface area contributed by atoms with Crippen molar-refractivity contribution >= 4 is 31.4 Å². The van der Waals surface area contributed by atoms with Crippen molar-refractivity contribution in [3.8, 4) is 0 Å². The van der Waals surface area contributed by atoms with E-state index in [-0.39, 0.29) is 19.6 Å². The van der Waals surface area contributed by atoms with Crippen LogP contribution in [0.15, 0.2) is 139 Å². The highest BCUT2D eigenvalue weighted by atomic mass is 32.2. The van der Waals surface area contributed by atoms with Gasteiger partial charge in [0.15, 0.2) is 0 Å². The Kier molecular flexibility index (Phi) is 6.00. The van der Waals surface area contributed by atoms with Crippen LogP contribution in [0.1, 0.15) is 0 Å². The van der Waals surface area contributed by atoms with Crippen molar-refractivity contribution in [1.29, 1.82) is 0 Å². The molecular weight excluding hydrogens is 448 g/mol. The molecule has 0 aromatic heterocycles. The Labute approximate surface area is 186 Å². The SMILES string of the molecule is O=S(=O)(c1ccccc1)c1ccccc1Sc1ccccc1S(=O)(=O)c1ccccc1. The Morgan fingerprint density at radius 1 is 0.419 bits per heavy atom. The molecule has 0 aliphatic heterocycles. The van der Waals surface area contributed by atoms with E-state index >= 15 is 0 Å². The van der Waals surface area contributed by atoms with Gasteiger partial charge in [0.25, 0.3) is 0 Å². The van der Waals surface area contributed by atoms with Crippen LogP contribution in [0.4, 0.5) is 0 Å². The quantitative estimate of drug-likeness (QED) is 0.375. The van der Waals surface area contributed by atoms with E-state index in [1.165, 1.54) is 0 Å². The molecule has 4 aromatic carbocycles. The number of rotatable bonds is 6. The second-order valence-electron chi connectivity index (χ2n) is 6.63. The maximum atomic E-state index is 13.2. The first-order chi connectivity index (χ1) is 14.9. The predicted molar refractivity (Wildman–Crippen MR) is 121 cm³/mol. The van der Waals surface area contributed by atoms with Crippen molar-refractivity contribution in [2.24, 2.45) is 0 Å². The zero-order valence-electron chi connectivity index (χ0n) is 16.3. The van der Waals surface area contributed by atoms with E-state index in [1.54, 1.807) is 109 Å². The van der Waals surface area contributed by atoms with Gasteiger partial charge in [-0.2, -0.15) is 0 Å². The van der Waals surface area contributed by atoms with E-state index in [1.807, 2.05) is 0 Å². The Bertz CT molecular complexity index is 1300. The summed E-state index contributed by atoms with van der Waals surface area (Å²) < 4.78 is 52.9. The molecule has 0 fully saturated rings. The highest BCUT2D eigenvalue weighted by molar-refractivity contribution is 8.01. The van der Waals surface area contributed by atoms with Gasteiger partial charge in [0.1, 0.15) is 0 Å². The second-order valence-corrected chi connectivity index (χ2v) is 11.5. The molecule has 0 heterocycles. The Hall–Kier alpha value is -2.87. The van der Waals surface area contributed by atoms with Crippen LogP contribution < -0.4 is 0 Å². The summed E-state index contributed by atoms with van der Waals surface area (Å²) in [5, 5.41) is 0. The van der Waals surface area contributed by atoms with Crippen molar-refractivity contribution in [1.82, 2.24) is 0 Å². The summed E-state index contributed by atoms with van der Waals surface area (Å²) in [6.07, 6.45) is 0. The minimum Gasteiger partial charge on any atom is -0.218 e. The highest BCUT2D eigenvalue weighted by Crippen LogP contribution is 2.39. The zero-order valence-corrected chi connectivity index (χ0v) is 18.7. The first kappa shape index (κ1) is 21.4. The molecule has 0 N–H and O–H groups in total. The van der Waals surface area contributed by atoms with Gasteiger partial charge in [0.2, 0.25) is 19.7 Å². The van der Waals surface area contributed by atoms with Crippen molar-refractivity contribution in [2.75, 3.05) is 0 Å². The van der Waals surface area contributed by atoms with E-state index in [2.05, 4.69) is 0 Å². The fourth-order valence-corrected chi connectivity index (χ4v) is 7.58. The molecule has 4 rings (SSSR count). The van der Waals surface area contributed by atoms with Crippen LogP contribution in [0.25, 0.3) is 0 Å². The Morgan fingerprint density at radius 3 is 1.13 bits per heavy atom. The molecule has 7 heteroatoms. The highest BCUT2D eigenvalue weighted by Gasteiger charge is 2.25. The molecule has 0 amide bonds. The summed E-state index contributed by atoms with van der Waals surface area (Å²) in [7, 11) is -7.52.